The summed E-state index contributed by atoms with van der Waals surface area (Å²) in [5.74, 6) is 0. The number of benzene rings is 1. The molecule has 2 rings (SSSR count). The number of hydrogen-bond donors (Lipinski definition) is 1. The van der Waals surface area contributed by atoms with E-state index in [1.807, 2.05) is 12.1 Å². The Hall–Kier alpha value is -0.100. The molecule has 0 amide bonds. The lowest BCUT2D eigenvalue weighted by atomic mass is 10.0. The van der Waals surface area contributed by atoms with Crippen LogP contribution in [0.25, 0.3) is 0 Å². The summed E-state index contributed by atoms with van der Waals surface area (Å²) in [6.45, 7) is 1.83. The van der Waals surface area contributed by atoms with Gasteiger partial charge in [-0.2, -0.15) is 0 Å². The Morgan fingerprint density at radius 3 is 2.81 bits per heavy atom. The molecular weight excluding hydrogens is 391 g/mol. The minimum Gasteiger partial charge on any atom is -0.324 e. The molecule has 0 aliphatic rings. The van der Waals surface area contributed by atoms with Crippen LogP contribution in [0.2, 0.25) is 10.0 Å². The smallest absolute Gasteiger partial charge is 0.0640 e. The number of rotatable bonds is 6. The molecule has 6 heteroatoms. The molecule has 0 saturated carbocycles. The summed E-state index contributed by atoms with van der Waals surface area (Å²) in [5.41, 5.74) is 7.15. The van der Waals surface area contributed by atoms with Crippen LogP contribution in [0.1, 0.15) is 22.9 Å². The van der Waals surface area contributed by atoms with Gasteiger partial charge in [0.2, 0.25) is 0 Å². The first-order valence-corrected chi connectivity index (χ1v) is 9.01. The number of thiophene rings is 1. The maximum Gasteiger partial charge on any atom is 0.0640 e. The summed E-state index contributed by atoms with van der Waals surface area (Å²) in [4.78, 5) is 3.59. The summed E-state index contributed by atoms with van der Waals surface area (Å²) in [6.07, 6.45) is 0.836. The molecule has 1 atom stereocenters. The van der Waals surface area contributed by atoms with Crippen LogP contribution in [0.5, 0.6) is 0 Å². The van der Waals surface area contributed by atoms with E-state index in [2.05, 4.69) is 39.3 Å². The molecule has 1 aromatic heterocycles. The maximum absolute atomic E-state index is 6.24. The minimum absolute atomic E-state index is 0.103. The average molecular weight is 408 g/mol. The second-order valence-electron chi connectivity index (χ2n) is 5.01. The molecule has 0 bridgehead atoms. The first-order valence-electron chi connectivity index (χ1n) is 6.58. The van der Waals surface area contributed by atoms with Crippen molar-refractivity contribution in [2.75, 3.05) is 13.6 Å². The van der Waals surface area contributed by atoms with E-state index in [9.17, 15) is 0 Å². The number of nitrogens with two attached hydrogens (primary N) is 1. The Morgan fingerprint density at radius 2 is 2.14 bits per heavy atom. The second kappa shape index (κ2) is 7.95. The summed E-state index contributed by atoms with van der Waals surface area (Å²) in [7, 11) is 2.10. The van der Waals surface area contributed by atoms with Gasteiger partial charge in [-0.05, 0) is 47.1 Å². The van der Waals surface area contributed by atoms with Crippen molar-refractivity contribution in [1.82, 2.24) is 4.90 Å². The number of nitrogens with zero attached hydrogens (tertiary/aromatic N) is 1. The lowest BCUT2D eigenvalue weighted by molar-refractivity contribution is 0.314. The number of halogens is 3. The van der Waals surface area contributed by atoms with Gasteiger partial charge in [0.05, 0.1) is 10.0 Å². The normalized spacial score (nSPS) is 12.9. The summed E-state index contributed by atoms with van der Waals surface area (Å²) in [5, 5.41) is 3.22. The van der Waals surface area contributed by atoms with Gasteiger partial charge in [-0.25, -0.2) is 0 Å². The van der Waals surface area contributed by atoms with E-state index >= 15 is 0 Å². The molecule has 1 heterocycles. The Balaban J connectivity index is 1.88. The Bertz CT molecular complexity index is 603. The van der Waals surface area contributed by atoms with Crippen LogP contribution in [0.4, 0.5) is 0 Å². The monoisotopic (exact) mass is 406 g/mol. The van der Waals surface area contributed by atoms with Crippen molar-refractivity contribution < 1.29 is 0 Å². The van der Waals surface area contributed by atoms with E-state index in [-0.39, 0.29) is 6.04 Å². The number of hydrogen-bond acceptors (Lipinski definition) is 3. The van der Waals surface area contributed by atoms with Crippen molar-refractivity contribution in [2.24, 2.45) is 5.73 Å². The highest BCUT2D eigenvalue weighted by Gasteiger charge is 2.13. The van der Waals surface area contributed by atoms with E-state index in [0.29, 0.717) is 10.0 Å². The summed E-state index contributed by atoms with van der Waals surface area (Å²) in [6, 6.07) is 7.65. The van der Waals surface area contributed by atoms with Gasteiger partial charge in [0.25, 0.3) is 0 Å². The first kappa shape index (κ1) is 17.3. The fourth-order valence-corrected chi connectivity index (χ4v) is 4.08. The predicted octanol–water partition coefficient (Wildman–Crippen LogP) is 5.34. The van der Waals surface area contributed by atoms with Crippen LogP contribution >= 0.6 is 50.5 Å². The molecule has 21 heavy (non-hydrogen) atoms. The Kier molecular flexibility index (Phi) is 6.53. The molecule has 114 valence electrons. The van der Waals surface area contributed by atoms with Gasteiger partial charge in [0.1, 0.15) is 0 Å². The van der Waals surface area contributed by atoms with Crippen molar-refractivity contribution in [3.8, 4) is 0 Å². The van der Waals surface area contributed by atoms with Crippen LogP contribution in [0, 0.1) is 0 Å². The van der Waals surface area contributed by atoms with Crippen LogP contribution in [0.3, 0.4) is 0 Å². The van der Waals surface area contributed by atoms with Crippen molar-refractivity contribution in [3.05, 3.63) is 54.6 Å². The van der Waals surface area contributed by atoms with Crippen molar-refractivity contribution in [1.29, 1.82) is 0 Å². The fourth-order valence-electron chi connectivity index (χ4n) is 2.10. The Morgan fingerprint density at radius 1 is 1.38 bits per heavy atom. The van der Waals surface area contributed by atoms with Crippen molar-refractivity contribution >= 4 is 50.5 Å². The van der Waals surface area contributed by atoms with Gasteiger partial charge in [0.15, 0.2) is 0 Å². The van der Waals surface area contributed by atoms with E-state index in [0.717, 1.165) is 29.5 Å². The SMILES string of the molecule is CN(CCC(N)c1cccc(Cl)c1Cl)Cc1cc(Br)cs1. The highest BCUT2D eigenvalue weighted by molar-refractivity contribution is 9.10. The van der Waals surface area contributed by atoms with Crippen LogP contribution in [-0.2, 0) is 6.54 Å². The van der Waals surface area contributed by atoms with Crippen LogP contribution in [0.15, 0.2) is 34.1 Å². The molecule has 0 aliphatic heterocycles. The predicted molar refractivity (Wildman–Crippen MR) is 96.4 cm³/mol. The molecule has 1 aromatic carbocycles. The van der Waals surface area contributed by atoms with Gasteiger partial charge in [0, 0.05) is 33.9 Å². The largest absolute Gasteiger partial charge is 0.324 e. The van der Waals surface area contributed by atoms with E-state index in [1.165, 1.54) is 4.88 Å². The van der Waals surface area contributed by atoms with E-state index in [1.54, 1.807) is 17.4 Å². The zero-order valence-electron chi connectivity index (χ0n) is 11.7. The van der Waals surface area contributed by atoms with E-state index < -0.39 is 0 Å². The molecule has 1 unspecified atom stereocenters. The maximum atomic E-state index is 6.24. The fraction of sp³-hybridized carbons (Fsp3) is 0.333. The van der Waals surface area contributed by atoms with Gasteiger partial charge in [-0.15, -0.1) is 11.3 Å². The van der Waals surface area contributed by atoms with Gasteiger partial charge >= 0.3 is 0 Å². The molecule has 2 nitrogen and oxygen atoms in total. The molecule has 2 aromatic rings. The highest BCUT2D eigenvalue weighted by atomic mass is 79.9. The summed E-state index contributed by atoms with van der Waals surface area (Å²) < 4.78 is 1.14. The zero-order valence-corrected chi connectivity index (χ0v) is 15.6. The molecule has 0 radical (unpaired) electrons. The standard InChI is InChI=1S/C15H17BrCl2N2S/c1-20(8-11-7-10(16)9-21-11)6-5-14(19)12-3-2-4-13(17)15(12)18/h2-4,7,9,14H,5-6,8,19H2,1H3. The third-order valence-corrected chi connectivity index (χ3v) is 5.77. The van der Waals surface area contributed by atoms with Crippen LogP contribution in [-0.4, -0.2) is 18.5 Å². The molecule has 2 N–H and O–H groups in total. The van der Waals surface area contributed by atoms with Gasteiger partial charge in [-0.3, -0.25) is 0 Å². The van der Waals surface area contributed by atoms with E-state index in [4.69, 9.17) is 28.9 Å². The molecule has 0 aliphatic carbocycles. The van der Waals surface area contributed by atoms with Crippen molar-refractivity contribution in [2.45, 2.75) is 19.0 Å². The molecule has 0 fully saturated rings. The molecule has 0 spiro atoms. The zero-order chi connectivity index (χ0) is 15.4. The second-order valence-corrected chi connectivity index (χ2v) is 7.70. The minimum atomic E-state index is -0.103. The van der Waals surface area contributed by atoms with Gasteiger partial charge in [-0.1, -0.05) is 35.3 Å². The molecule has 0 saturated heterocycles. The van der Waals surface area contributed by atoms with Crippen molar-refractivity contribution in [3.63, 3.8) is 0 Å². The highest BCUT2D eigenvalue weighted by Crippen LogP contribution is 2.30. The lowest BCUT2D eigenvalue weighted by Crippen LogP contribution is -2.23. The van der Waals surface area contributed by atoms with Gasteiger partial charge < -0.3 is 10.6 Å². The summed E-state index contributed by atoms with van der Waals surface area (Å²) >= 11 is 17.5. The lowest BCUT2D eigenvalue weighted by Gasteiger charge is -2.20. The molecular formula is C15H17BrCl2N2S. The average Bonchev–Trinajstić information content (AvgIpc) is 2.84. The third-order valence-electron chi connectivity index (χ3n) is 3.25. The Labute approximate surface area is 148 Å². The third kappa shape index (κ3) is 4.95. The van der Waals surface area contributed by atoms with Crippen LogP contribution < -0.4 is 5.73 Å². The quantitative estimate of drug-likeness (QED) is 0.700. The first-order chi connectivity index (χ1) is 9.97. The topological polar surface area (TPSA) is 29.3 Å².